The van der Waals surface area contributed by atoms with Crippen molar-refractivity contribution in [1.82, 2.24) is 0 Å². The van der Waals surface area contributed by atoms with Gasteiger partial charge in [0.05, 0.1) is 6.61 Å². The number of hydrogen-bond acceptors (Lipinski definition) is 3. The lowest BCUT2D eigenvalue weighted by molar-refractivity contribution is 0.103. The Morgan fingerprint density at radius 2 is 1.24 bits per heavy atom. The Bertz CT molecular complexity index is 1210. The number of ketones is 1. The highest BCUT2D eigenvalue weighted by Gasteiger charge is 2.50. The number of para-hydroxylation sites is 1. The summed E-state index contributed by atoms with van der Waals surface area (Å²) >= 11 is 0. The first-order valence-electron chi connectivity index (χ1n) is 11.6. The summed E-state index contributed by atoms with van der Waals surface area (Å²) in [6, 6.07) is 36.1. The van der Waals surface area contributed by atoms with Crippen LogP contribution in [-0.4, -0.2) is 14.1 Å². The maximum absolute atomic E-state index is 12.9. The van der Waals surface area contributed by atoms with Gasteiger partial charge >= 0.3 is 0 Å². The number of carbonyl (C=O) groups is 1. The number of hydrogen-bond donors (Lipinski definition) is 1. The Labute approximate surface area is 203 Å². The molecule has 0 unspecified atom stereocenters. The van der Waals surface area contributed by atoms with Gasteiger partial charge in [0.1, 0.15) is 0 Å². The Balaban J connectivity index is 1.65. The third-order valence-electron chi connectivity index (χ3n) is 6.29. The topological polar surface area (TPSA) is 52.3 Å². The molecule has 4 aromatic carbocycles. The van der Waals surface area contributed by atoms with Gasteiger partial charge < -0.3 is 10.2 Å². The SMILES string of the molecule is CC(C)(C)[Si](OCc1ccc(C(=O)c2ccccc2N)cc1)(c1ccccc1)c1ccccc1. The lowest BCUT2D eigenvalue weighted by Gasteiger charge is -2.43. The number of carbonyl (C=O) groups excluding carboxylic acids is 1. The molecule has 0 atom stereocenters. The van der Waals surface area contributed by atoms with Crippen LogP contribution in [0.3, 0.4) is 0 Å². The van der Waals surface area contributed by atoms with Crippen LogP contribution in [0.15, 0.2) is 109 Å². The Kier molecular flexibility index (Phi) is 6.82. The molecule has 0 heterocycles. The van der Waals surface area contributed by atoms with Gasteiger partial charge in [-0.1, -0.05) is 118 Å². The summed E-state index contributed by atoms with van der Waals surface area (Å²) in [5.41, 5.74) is 8.67. The monoisotopic (exact) mass is 465 g/mol. The maximum atomic E-state index is 12.9. The molecule has 0 bridgehead atoms. The fraction of sp³-hybridized carbons (Fsp3) is 0.167. The molecule has 2 N–H and O–H groups in total. The molecule has 0 aliphatic rings. The van der Waals surface area contributed by atoms with E-state index in [9.17, 15) is 4.79 Å². The molecule has 0 amide bonds. The molecule has 0 aromatic heterocycles. The van der Waals surface area contributed by atoms with Crippen LogP contribution < -0.4 is 16.1 Å². The smallest absolute Gasteiger partial charge is 0.261 e. The van der Waals surface area contributed by atoms with Gasteiger partial charge in [0.2, 0.25) is 0 Å². The molecule has 0 saturated carbocycles. The van der Waals surface area contributed by atoms with E-state index in [1.807, 2.05) is 48.5 Å². The summed E-state index contributed by atoms with van der Waals surface area (Å²) in [6.45, 7) is 7.27. The molecule has 0 saturated heterocycles. The first kappa shape index (κ1) is 23.7. The zero-order chi connectivity index (χ0) is 24.2. The van der Waals surface area contributed by atoms with E-state index in [1.165, 1.54) is 10.4 Å². The minimum Gasteiger partial charge on any atom is -0.403 e. The molecule has 0 fully saturated rings. The normalized spacial score (nSPS) is 11.9. The van der Waals surface area contributed by atoms with Crippen LogP contribution in [0.4, 0.5) is 5.69 Å². The van der Waals surface area contributed by atoms with Gasteiger partial charge in [-0.25, -0.2) is 0 Å². The third kappa shape index (κ3) is 4.60. The summed E-state index contributed by atoms with van der Waals surface area (Å²) < 4.78 is 6.99. The number of nitrogen functional groups attached to an aromatic ring is 1. The molecular formula is C30H31NO2Si. The van der Waals surface area contributed by atoms with Gasteiger partial charge in [-0.2, -0.15) is 0 Å². The highest BCUT2D eigenvalue weighted by molar-refractivity contribution is 6.99. The van der Waals surface area contributed by atoms with Crippen molar-refractivity contribution in [2.75, 3.05) is 5.73 Å². The fourth-order valence-corrected chi connectivity index (χ4v) is 9.10. The standard InChI is InChI=1S/C30H31NO2Si/c1-30(2,3)34(25-12-6-4-7-13-25,26-14-8-5-9-15-26)33-22-23-18-20-24(21-19-23)29(32)27-16-10-11-17-28(27)31/h4-21H,22,31H2,1-3H3. The largest absolute Gasteiger partial charge is 0.403 e. The predicted octanol–water partition coefficient (Wildman–Crippen LogP) is 5.58. The number of rotatable bonds is 7. The minimum absolute atomic E-state index is 0.0717. The highest BCUT2D eigenvalue weighted by Crippen LogP contribution is 2.37. The molecule has 172 valence electrons. The molecule has 0 spiro atoms. The van der Waals surface area contributed by atoms with E-state index < -0.39 is 8.32 Å². The molecule has 3 nitrogen and oxygen atoms in total. The zero-order valence-electron chi connectivity index (χ0n) is 20.0. The van der Waals surface area contributed by atoms with Crippen molar-refractivity contribution >= 4 is 30.2 Å². The summed E-state index contributed by atoms with van der Waals surface area (Å²) in [7, 11) is -2.61. The van der Waals surface area contributed by atoms with E-state index in [0.717, 1.165) is 5.56 Å². The van der Waals surface area contributed by atoms with E-state index in [2.05, 4.69) is 69.3 Å². The van der Waals surface area contributed by atoms with Crippen LogP contribution in [0.25, 0.3) is 0 Å². The van der Waals surface area contributed by atoms with E-state index in [0.29, 0.717) is 23.4 Å². The second-order valence-electron chi connectivity index (χ2n) is 9.57. The van der Waals surface area contributed by atoms with Gasteiger partial charge in [-0.15, -0.1) is 0 Å². The van der Waals surface area contributed by atoms with Gasteiger partial charge in [0.25, 0.3) is 8.32 Å². The van der Waals surface area contributed by atoms with Crippen molar-refractivity contribution in [2.24, 2.45) is 0 Å². The predicted molar refractivity (Wildman–Crippen MR) is 143 cm³/mol. The van der Waals surface area contributed by atoms with Crippen molar-refractivity contribution < 1.29 is 9.22 Å². The second kappa shape index (κ2) is 9.80. The molecular weight excluding hydrogens is 434 g/mol. The van der Waals surface area contributed by atoms with E-state index >= 15 is 0 Å². The van der Waals surface area contributed by atoms with Crippen molar-refractivity contribution in [3.05, 3.63) is 126 Å². The van der Waals surface area contributed by atoms with Crippen LogP contribution in [0.1, 0.15) is 42.3 Å². The summed E-state index contributed by atoms with van der Waals surface area (Å²) in [5.74, 6) is -0.0717. The summed E-state index contributed by atoms with van der Waals surface area (Å²) in [5, 5.41) is 2.41. The number of nitrogens with two attached hydrogens (primary N) is 1. The maximum Gasteiger partial charge on any atom is 0.261 e. The van der Waals surface area contributed by atoms with Gasteiger partial charge in [-0.05, 0) is 33.1 Å². The summed E-state index contributed by atoms with van der Waals surface area (Å²) in [6.07, 6.45) is 0. The second-order valence-corrected chi connectivity index (χ2v) is 13.9. The van der Waals surface area contributed by atoms with Gasteiger partial charge in [0, 0.05) is 16.8 Å². The van der Waals surface area contributed by atoms with Crippen molar-refractivity contribution in [1.29, 1.82) is 0 Å². The molecule has 4 rings (SSSR count). The van der Waals surface area contributed by atoms with Crippen LogP contribution in [0, 0.1) is 0 Å². The Hall–Kier alpha value is -3.47. The number of anilines is 1. The van der Waals surface area contributed by atoms with Crippen molar-refractivity contribution in [3.63, 3.8) is 0 Å². The zero-order valence-corrected chi connectivity index (χ0v) is 21.0. The highest BCUT2D eigenvalue weighted by atomic mass is 28.4. The average molecular weight is 466 g/mol. The summed E-state index contributed by atoms with van der Waals surface area (Å²) in [4.78, 5) is 12.9. The Morgan fingerprint density at radius 1 is 0.735 bits per heavy atom. The van der Waals surface area contributed by atoms with Crippen molar-refractivity contribution in [3.8, 4) is 0 Å². The van der Waals surface area contributed by atoms with E-state index in [1.54, 1.807) is 12.1 Å². The molecule has 4 heteroatoms. The van der Waals surface area contributed by atoms with Crippen LogP contribution in [-0.2, 0) is 11.0 Å². The number of benzene rings is 4. The van der Waals surface area contributed by atoms with E-state index in [-0.39, 0.29) is 10.8 Å². The third-order valence-corrected chi connectivity index (χ3v) is 11.3. The van der Waals surface area contributed by atoms with Gasteiger partial charge in [-0.3, -0.25) is 4.79 Å². The lowest BCUT2D eigenvalue weighted by Crippen LogP contribution is -2.66. The molecule has 4 aromatic rings. The molecule has 0 radical (unpaired) electrons. The van der Waals surface area contributed by atoms with Crippen LogP contribution >= 0.6 is 0 Å². The molecule has 34 heavy (non-hydrogen) atoms. The molecule has 0 aliphatic carbocycles. The molecule has 0 aliphatic heterocycles. The van der Waals surface area contributed by atoms with Gasteiger partial charge in [0.15, 0.2) is 5.78 Å². The average Bonchev–Trinajstić information content (AvgIpc) is 2.85. The fourth-order valence-electron chi connectivity index (χ4n) is 4.56. The first-order chi connectivity index (χ1) is 16.3. The van der Waals surface area contributed by atoms with E-state index in [4.69, 9.17) is 10.2 Å². The first-order valence-corrected chi connectivity index (χ1v) is 13.5. The lowest BCUT2D eigenvalue weighted by atomic mass is 10.0. The van der Waals surface area contributed by atoms with Crippen LogP contribution in [0.5, 0.6) is 0 Å². The van der Waals surface area contributed by atoms with Crippen molar-refractivity contribution in [2.45, 2.75) is 32.4 Å². The van der Waals surface area contributed by atoms with Crippen LogP contribution in [0.2, 0.25) is 5.04 Å². The minimum atomic E-state index is -2.61. The Morgan fingerprint density at radius 3 is 1.74 bits per heavy atom. The quantitative estimate of drug-likeness (QED) is 0.220.